The lowest BCUT2D eigenvalue weighted by Crippen LogP contribution is -3.12. The Labute approximate surface area is 175 Å². The zero-order valence-electron chi connectivity index (χ0n) is 15.9. The van der Waals surface area contributed by atoms with Crippen LogP contribution in [0.25, 0.3) is 0 Å². The molecule has 2 aromatic rings. The third-order valence-corrected chi connectivity index (χ3v) is 5.86. The summed E-state index contributed by atoms with van der Waals surface area (Å²) < 4.78 is 5.52. The number of amides is 1. The van der Waals surface area contributed by atoms with Gasteiger partial charge in [0.1, 0.15) is 12.3 Å². The molecule has 0 radical (unpaired) electrons. The molecule has 148 valence electrons. The fourth-order valence-corrected chi connectivity index (χ4v) is 4.33. The van der Waals surface area contributed by atoms with Crippen LogP contribution in [0.4, 0.5) is 0 Å². The van der Waals surface area contributed by atoms with E-state index in [1.165, 1.54) is 30.2 Å². The van der Waals surface area contributed by atoms with E-state index in [1.807, 2.05) is 36.0 Å². The van der Waals surface area contributed by atoms with E-state index >= 15 is 0 Å². The molecule has 1 fully saturated rings. The lowest BCUT2D eigenvalue weighted by Gasteiger charge is -2.24. The Hall–Kier alpha value is -2.02. The third-order valence-electron chi connectivity index (χ3n) is 4.63. The molecule has 1 aliphatic rings. The minimum absolute atomic E-state index is 0.164. The Kier molecular flexibility index (Phi) is 7.77. The second-order valence-corrected chi connectivity index (χ2v) is 8.37. The van der Waals surface area contributed by atoms with Gasteiger partial charge in [-0.15, -0.1) is 0 Å². The van der Waals surface area contributed by atoms with Crippen molar-refractivity contribution in [2.45, 2.75) is 13.0 Å². The first-order valence-electron chi connectivity index (χ1n) is 9.28. The molecule has 0 aromatic heterocycles. The molecule has 2 aromatic carbocycles. The van der Waals surface area contributed by atoms with Gasteiger partial charge in [0, 0.05) is 22.1 Å². The highest BCUT2D eigenvalue weighted by Gasteiger charge is 2.16. The average Bonchev–Trinajstić information content (AvgIpc) is 2.71. The van der Waals surface area contributed by atoms with E-state index in [9.17, 15) is 4.79 Å². The second kappa shape index (κ2) is 10.5. The van der Waals surface area contributed by atoms with Crippen LogP contribution >= 0.6 is 23.4 Å². The van der Waals surface area contributed by atoms with Crippen LogP contribution in [0.5, 0.6) is 5.75 Å². The summed E-state index contributed by atoms with van der Waals surface area (Å²) in [6, 6.07) is 13.2. The molecule has 1 heterocycles. The number of nitrogens with one attached hydrogen (secondary N) is 2. The predicted octanol–water partition coefficient (Wildman–Crippen LogP) is 2.17. The van der Waals surface area contributed by atoms with Gasteiger partial charge in [0.25, 0.3) is 0 Å². The van der Waals surface area contributed by atoms with E-state index in [1.54, 1.807) is 30.4 Å². The van der Waals surface area contributed by atoms with Crippen molar-refractivity contribution >= 4 is 35.5 Å². The first kappa shape index (κ1) is 20.7. The first-order valence-corrected chi connectivity index (χ1v) is 10.8. The number of hydrogen-bond donors (Lipinski definition) is 2. The molecule has 3 rings (SSSR count). The van der Waals surface area contributed by atoms with Gasteiger partial charge < -0.3 is 9.64 Å². The molecule has 1 saturated heterocycles. The van der Waals surface area contributed by atoms with Crippen molar-refractivity contribution in [2.24, 2.45) is 5.10 Å². The number of hydrogen-bond acceptors (Lipinski definition) is 4. The number of benzene rings is 2. The molecule has 2 N–H and O–H groups in total. The smallest absolute Gasteiger partial charge is 0.244 e. The molecule has 0 spiro atoms. The number of ether oxygens (including phenoxy) is 1. The number of quaternary nitrogens is 1. The van der Waals surface area contributed by atoms with Crippen molar-refractivity contribution in [3.63, 3.8) is 0 Å². The van der Waals surface area contributed by atoms with Gasteiger partial charge in [-0.25, -0.2) is 5.43 Å². The number of carbonyl (C=O) groups is 1. The van der Waals surface area contributed by atoms with Crippen LogP contribution < -0.4 is 15.1 Å². The molecule has 5 nitrogen and oxygen atoms in total. The van der Waals surface area contributed by atoms with E-state index in [0.717, 1.165) is 23.4 Å². The highest BCUT2D eigenvalue weighted by atomic mass is 35.5. The highest BCUT2D eigenvalue weighted by Crippen LogP contribution is 2.18. The fourth-order valence-electron chi connectivity index (χ4n) is 3.13. The topological polar surface area (TPSA) is 55.1 Å². The number of nitrogens with zero attached hydrogens (tertiary/aromatic N) is 1. The molecule has 0 bridgehead atoms. The van der Waals surface area contributed by atoms with Crippen molar-refractivity contribution in [3.8, 4) is 5.75 Å². The summed E-state index contributed by atoms with van der Waals surface area (Å²) in [7, 11) is 1.70. The normalized spacial score (nSPS) is 14.9. The van der Waals surface area contributed by atoms with Gasteiger partial charge in [-0.05, 0) is 41.5 Å². The molecule has 1 aliphatic heterocycles. The predicted molar refractivity (Wildman–Crippen MR) is 116 cm³/mol. The maximum absolute atomic E-state index is 12.0. The van der Waals surface area contributed by atoms with E-state index in [-0.39, 0.29) is 12.3 Å². The van der Waals surface area contributed by atoms with Crippen LogP contribution in [0.1, 0.15) is 16.7 Å². The molecule has 0 saturated carbocycles. The Morgan fingerprint density at radius 3 is 2.71 bits per heavy atom. The summed E-state index contributed by atoms with van der Waals surface area (Å²) >= 11 is 7.88. The lowest BCUT2D eigenvalue weighted by atomic mass is 10.1. The maximum atomic E-state index is 12.0. The van der Waals surface area contributed by atoms with Gasteiger partial charge in [-0.3, -0.25) is 4.79 Å². The molecule has 0 aliphatic carbocycles. The van der Waals surface area contributed by atoms with Gasteiger partial charge in [-0.1, -0.05) is 23.7 Å². The van der Waals surface area contributed by atoms with Gasteiger partial charge in [0.2, 0.25) is 5.91 Å². The average molecular weight is 419 g/mol. The van der Waals surface area contributed by atoms with Crippen LogP contribution in [-0.4, -0.2) is 43.8 Å². The van der Waals surface area contributed by atoms with Gasteiger partial charge >= 0.3 is 0 Å². The van der Waals surface area contributed by atoms with Crippen LogP contribution in [0.3, 0.4) is 0 Å². The summed E-state index contributed by atoms with van der Waals surface area (Å²) in [5.74, 6) is 3.15. The first-order chi connectivity index (χ1) is 13.6. The Morgan fingerprint density at radius 1 is 1.25 bits per heavy atom. The van der Waals surface area contributed by atoms with Crippen molar-refractivity contribution in [2.75, 3.05) is 31.7 Å². The zero-order chi connectivity index (χ0) is 19.8. The lowest BCUT2D eigenvalue weighted by molar-refractivity contribution is -0.910. The van der Waals surface area contributed by atoms with Crippen molar-refractivity contribution in [1.29, 1.82) is 0 Å². The summed E-state index contributed by atoms with van der Waals surface area (Å²) in [5, 5.41) is 4.75. The quantitative estimate of drug-likeness (QED) is 0.535. The SMILES string of the molecule is COc1ccc(/C=N\NC(=O)Cc2ccc(Cl)cc2)cc1C[NH+]1CCSCC1. The number of halogens is 1. The summed E-state index contributed by atoms with van der Waals surface area (Å²) in [5.41, 5.74) is 5.58. The molecule has 0 atom stereocenters. The summed E-state index contributed by atoms with van der Waals surface area (Å²) in [4.78, 5) is 13.6. The number of rotatable bonds is 7. The number of carbonyl (C=O) groups excluding carboxylic acids is 1. The Balaban J connectivity index is 1.58. The molecular weight excluding hydrogens is 394 g/mol. The monoisotopic (exact) mass is 418 g/mol. The van der Waals surface area contributed by atoms with Crippen LogP contribution in [-0.2, 0) is 17.8 Å². The van der Waals surface area contributed by atoms with E-state index in [2.05, 4.69) is 16.6 Å². The molecule has 28 heavy (non-hydrogen) atoms. The van der Waals surface area contributed by atoms with Gasteiger partial charge in [0.05, 0.1) is 32.8 Å². The van der Waals surface area contributed by atoms with Gasteiger partial charge in [0.15, 0.2) is 0 Å². The minimum atomic E-state index is -0.164. The van der Waals surface area contributed by atoms with Crippen molar-refractivity contribution < 1.29 is 14.4 Å². The Bertz CT molecular complexity index is 821. The largest absolute Gasteiger partial charge is 0.496 e. The second-order valence-electron chi connectivity index (χ2n) is 6.71. The maximum Gasteiger partial charge on any atom is 0.244 e. The van der Waals surface area contributed by atoms with Gasteiger partial charge in [-0.2, -0.15) is 16.9 Å². The van der Waals surface area contributed by atoms with Crippen molar-refractivity contribution in [1.82, 2.24) is 5.43 Å². The standard InChI is InChI=1S/C21H24ClN3O2S/c1-27-20-7-4-17(12-18(20)15-25-8-10-28-11-9-25)14-23-24-21(26)13-16-2-5-19(22)6-3-16/h2-7,12,14H,8-11,13,15H2,1H3,(H,24,26)/p+1/b23-14-. The summed E-state index contributed by atoms with van der Waals surface area (Å²) in [6.45, 7) is 3.29. The third kappa shape index (κ3) is 6.26. The van der Waals surface area contributed by atoms with E-state index < -0.39 is 0 Å². The molecular formula is C21H25ClN3O2S+. The molecule has 7 heteroatoms. The minimum Gasteiger partial charge on any atom is -0.496 e. The Morgan fingerprint density at radius 2 is 2.00 bits per heavy atom. The highest BCUT2D eigenvalue weighted by molar-refractivity contribution is 7.99. The number of hydrazone groups is 1. The summed E-state index contributed by atoms with van der Waals surface area (Å²) in [6.07, 6.45) is 1.93. The van der Waals surface area contributed by atoms with E-state index in [4.69, 9.17) is 16.3 Å². The molecule has 1 amide bonds. The van der Waals surface area contributed by atoms with Crippen LogP contribution in [0.2, 0.25) is 5.02 Å². The number of thioether (sulfide) groups is 1. The number of methoxy groups -OCH3 is 1. The molecule has 0 unspecified atom stereocenters. The fraction of sp³-hybridized carbons (Fsp3) is 0.333. The van der Waals surface area contributed by atoms with Crippen molar-refractivity contribution in [3.05, 3.63) is 64.2 Å². The van der Waals surface area contributed by atoms with E-state index in [0.29, 0.717) is 5.02 Å². The van der Waals surface area contributed by atoms with Crippen LogP contribution in [0.15, 0.2) is 47.6 Å². The van der Waals surface area contributed by atoms with Crippen LogP contribution in [0, 0.1) is 0 Å². The zero-order valence-corrected chi connectivity index (χ0v) is 17.5.